The minimum absolute atomic E-state index is 0.306. The van der Waals surface area contributed by atoms with Gasteiger partial charge < -0.3 is 5.32 Å². The van der Waals surface area contributed by atoms with Gasteiger partial charge in [-0.05, 0) is 23.0 Å². The molecule has 0 radical (unpaired) electrons. The van der Waals surface area contributed by atoms with Gasteiger partial charge in [0.15, 0.2) is 0 Å². The molecule has 1 aliphatic rings. The minimum atomic E-state index is 0.306. The molecule has 1 fully saturated rings. The molecular formula is C13H19N. The maximum Gasteiger partial charge on any atom is 0.0450 e. The molecule has 0 amide bonds. The first-order valence-electron chi connectivity index (χ1n) is 5.48. The van der Waals surface area contributed by atoms with Crippen LogP contribution >= 0.6 is 0 Å². The van der Waals surface area contributed by atoms with Gasteiger partial charge in [0.05, 0.1) is 0 Å². The summed E-state index contributed by atoms with van der Waals surface area (Å²) in [6.45, 7) is 8.07. The molecule has 2 rings (SSSR count). The summed E-state index contributed by atoms with van der Waals surface area (Å²) in [6.07, 6.45) is 1.19. The van der Waals surface area contributed by atoms with Crippen LogP contribution in [0.3, 0.4) is 0 Å². The average Bonchev–Trinajstić information content (AvgIpc) is 3.01. The van der Waals surface area contributed by atoms with Gasteiger partial charge in [0.2, 0.25) is 0 Å². The van der Waals surface area contributed by atoms with Crippen molar-refractivity contribution in [2.24, 2.45) is 0 Å². The summed E-state index contributed by atoms with van der Waals surface area (Å²) < 4.78 is 0. The van der Waals surface area contributed by atoms with Crippen LogP contribution in [0.4, 0.5) is 0 Å². The van der Waals surface area contributed by atoms with Crippen LogP contribution in [0.15, 0.2) is 24.3 Å². The van der Waals surface area contributed by atoms with Gasteiger partial charge in [-0.15, -0.1) is 0 Å². The standard InChI is InChI=1S/C13H19N/c1-4-13(2,3)11-8-6-5-7-10(11)12-9-14-12/h5-8,12,14H,4,9H2,1-3H3. The van der Waals surface area contributed by atoms with E-state index in [1.54, 1.807) is 0 Å². The van der Waals surface area contributed by atoms with E-state index in [1.165, 1.54) is 17.5 Å². The summed E-state index contributed by atoms with van der Waals surface area (Å²) in [5.74, 6) is 0. The first-order valence-corrected chi connectivity index (χ1v) is 5.48. The van der Waals surface area contributed by atoms with E-state index >= 15 is 0 Å². The van der Waals surface area contributed by atoms with E-state index < -0.39 is 0 Å². The van der Waals surface area contributed by atoms with Crippen molar-refractivity contribution < 1.29 is 0 Å². The fraction of sp³-hybridized carbons (Fsp3) is 0.538. The molecule has 1 aliphatic heterocycles. The minimum Gasteiger partial charge on any atom is -0.307 e. The van der Waals surface area contributed by atoms with Crippen LogP contribution in [0.5, 0.6) is 0 Å². The average molecular weight is 189 g/mol. The Labute approximate surface area is 86.5 Å². The smallest absolute Gasteiger partial charge is 0.0450 e. The summed E-state index contributed by atoms with van der Waals surface area (Å²) >= 11 is 0. The molecule has 1 heterocycles. The second-order valence-electron chi connectivity index (χ2n) is 4.79. The summed E-state index contributed by atoms with van der Waals surface area (Å²) in [7, 11) is 0. The Kier molecular flexibility index (Phi) is 2.36. The van der Waals surface area contributed by atoms with Crippen LogP contribution < -0.4 is 5.32 Å². The second kappa shape index (κ2) is 3.39. The van der Waals surface area contributed by atoms with Crippen molar-refractivity contribution >= 4 is 0 Å². The maximum absolute atomic E-state index is 3.39. The lowest BCUT2D eigenvalue weighted by Gasteiger charge is -2.26. The summed E-state index contributed by atoms with van der Waals surface area (Å²) in [4.78, 5) is 0. The summed E-state index contributed by atoms with van der Waals surface area (Å²) in [5.41, 5.74) is 3.32. The molecule has 1 aromatic rings. The molecule has 1 unspecified atom stereocenters. The van der Waals surface area contributed by atoms with Gasteiger partial charge in [-0.3, -0.25) is 0 Å². The van der Waals surface area contributed by atoms with Crippen LogP contribution in [-0.2, 0) is 5.41 Å². The SMILES string of the molecule is CCC(C)(C)c1ccccc1C1CN1. The number of hydrogen-bond acceptors (Lipinski definition) is 1. The molecular weight excluding hydrogens is 170 g/mol. The van der Waals surface area contributed by atoms with Crippen molar-refractivity contribution in [2.45, 2.75) is 38.6 Å². The predicted molar refractivity (Wildman–Crippen MR) is 60.5 cm³/mol. The van der Waals surface area contributed by atoms with Gasteiger partial charge in [-0.1, -0.05) is 45.0 Å². The van der Waals surface area contributed by atoms with E-state index in [0.717, 1.165) is 6.54 Å². The second-order valence-corrected chi connectivity index (χ2v) is 4.79. The highest BCUT2D eigenvalue weighted by molar-refractivity contribution is 5.37. The third-order valence-corrected chi connectivity index (χ3v) is 3.36. The lowest BCUT2D eigenvalue weighted by atomic mass is 9.79. The molecule has 76 valence electrons. The Bertz CT molecular complexity index is 324. The Morgan fingerprint density at radius 1 is 1.36 bits per heavy atom. The van der Waals surface area contributed by atoms with Crippen molar-refractivity contribution in [3.05, 3.63) is 35.4 Å². The van der Waals surface area contributed by atoms with Crippen molar-refractivity contribution in [2.75, 3.05) is 6.54 Å². The van der Waals surface area contributed by atoms with Crippen LogP contribution in [0.25, 0.3) is 0 Å². The summed E-state index contributed by atoms with van der Waals surface area (Å²) in [6, 6.07) is 9.46. The molecule has 0 aliphatic carbocycles. The number of nitrogens with one attached hydrogen (secondary N) is 1. The first kappa shape index (κ1) is 9.72. The Balaban J connectivity index is 2.40. The van der Waals surface area contributed by atoms with Crippen molar-refractivity contribution in [3.63, 3.8) is 0 Å². The molecule has 14 heavy (non-hydrogen) atoms. The van der Waals surface area contributed by atoms with Gasteiger partial charge >= 0.3 is 0 Å². The zero-order chi connectivity index (χ0) is 10.2. The van der Waals surface area contributed by atoms with Crippen molar-refractivity contribution in [1.82, 2.24) is 5.32 Å². The zero-order valence-electron chi connectivity index (χ0n) is 9.30. The fourth-order valence-corrected chi connectivity index (χ4v) is 1.89. The van der Waals surface area contributed by atoms with E-state index in [0.29, 0.717) is 11.5 Å². The number of hydrogen-bond donors (Lipinski definition) is 1. The molecule has 1 nitrogen and oxygen atoms in total. The largest absolute Gasteiger partial charge is 0.307 e. The van der Waals surface area contributed by atoms with Crippen LogP contribution in [-0.4, -0.2) is 6.54 Å². The summed E-state index contributed by atoms with van der Waals surface area (Å²) in [5, 5.41) is 3.39. The zero-order valence-corrected chi connectivity index (χ0v) is 9.30. The van der Waals surface area contributed by atoms with Gasteiger partial charge in [0, 0.05) is 12.6 Å². The van der Waals surface area contributed by atoms with Crippen LogP contribution in [0.2, 0.25) is 0 Å². The van der Waals surface area contributed by atoms with E-state index in [-0.39, 0.29) is 0 Å². The molecule has 0 spiro atoms. The number of benzene rings is 1. The molecule has 0 aromatic heterocycles. The van der Waals surface area contributed by atoms with Crippen LogP contribution in [0, 0.1) is 0 Å². The highest BCUT2D eigenvalue weighted by Crippen LogP contribution is 2.35. The molecule has 1 N–H and O–H groups in total. The van der Waals surface area contributed by atoms with E-state index in [1.807, 2.05) is 0 Å². The van der Waals surface area contributed by atoms with Crippen molar-refractivity contribution in [3.8, 4) is 0 Å². The van der Waals surface area contributed by atoms with Crippen LogP contribution in [0.1, 0.15) is 44.4 Å². The Morgan fingerprint density at radius 3 is 2.57 bits per heavy atom. The molecule has 0 saturated carbocycles. The van der Waals surface area contributed by atoms with Gasteiger partial charge in [-0.2, -0.15) is 0 Å². The third-order valence-electron chi connectivity index (χ3n) is 3.36. The van der Waals surface area contributed by atoms with E-state index in [9.17, 15) is 0 Å². The van der Waals surface area contributed by atoms with Gasteiger partial charge in [0.25, 0.3) is 0 Å². The number of rotatable bonds is 3. The highest BCUT2D eigenvalue weighted by atomic mass is 15.1. The lowest BCUT2D eigenvalue weighted by molar-refractivity contribution is 0.501. The van der Waals surface area contributed by atoms with Gasteiger partial charge in [0.1, 0.15) is 0 Å². The molecule has 1 atom stereocenters. The third kappa shape index (κ3) is 1.69. The lowest BCUT2D eigenvalue weighted by Crippen LogP contribution is -2.17. The molecule has 1 heteroatoms. The van der Waals surface area contributed by atoms with E-state index in [2.05, 4.69) is 50.4 Å². The monoisotopic (exact) mass is 189 g/mol. The quantitative estimate of drug-likeness (QED) is 0.725. The van der Waals surface area contributed by atoms with Gasteiger partial charge in [-0.25, -0.2) is 0 Å². The predicted octanol–water partition coefficient (Wildman–Crippen LogP) is 3.02. The van der Waals surface area contributed by atoms with Crippen molar-refractivity contribution in [1.29, 1.82) is 0 Å². The highest BCUT2D eigenvalue weighted by Gasteiger charge is 2.29. The maximum atomic E-state index is 3.39. The van der Waals surface area contributed by atoms with E-state index in [4.69, 9.17) is 0 Å². The Hall–Kier alpha value is -0.820. The normalized spacial score (nSPS) is 20.9. The molecule has 1 saturated heterocycles. The topological polar surface area (TPSA) is 21.9 Å². The Morgan fingerprint density at radius 2 is 2.00 bits per heavy atom. The molecule has 0 bridgehead atoms. The first-order chi connectivity index (χ1) is 6.65. The fourth-order valence-electron chi connectivity index (χ4n) is 1.89. The molecule has 1 aromatic carbocycles.